The fraction of sp³-hybridized carbons (Fsp3) is 0.278. The van der Waals surface area contributed by atoms with E-state index in [1.165, 1.54) is 40.0 Å². The van der Waals surface area contributed by atoms with Gasteiger partial charge in [-0.2, -0.15) is 0 Å². The molecule has 150 valence electrons. The Hall–Kier alpha value is -2.82. The summed E-state index contributed by atoms with van der Waals surface area (Å²) in [5.41, 5.74) is 0.546. The van der Waals surface area contributed by atoms with Gasteiger partial charge in [-0.05, 0) is 6.07 Å². The summed E-state index contributed by atoms with van der Waals surface area (Å²) in [5.74, 6) is -0.324. The van der Waals surface area contributed by atoms with Gasteiger partial charge in [-0.3, -0.25) is 29.0 Å². The van der Waals surface area contributed by atoms with Crippen molar-refractivity contribution in [3.8, 4) is 0 Å². The molecular weight excluding hydrogens is 418 g/mol. The van der Waals surface area contributed by atoms with E-state index in [9.17, 15) is 19.7 Å². The fourth-order valence-corrected chi connectivity index (χ4v) is 4.21. The molecule has 4 rings (SSSR count). The number of carbonyl (C=O) groups is 1. The summed E-state index contributed by atoms with van der Waals surface area (Å²) in [6, 6.07) is 5.38. The third kappa shape index (κ3) is 4.00. The molecule has 0 bridgehead atoms. The Bertz CT molecular complexity index is 1150. The highest BCUT2D eigenvalue weighted by atomic mass is 35.5. The van der Waals surface area contributed by atoms with Crippen LogP contribution in [-0.4, -0.2) is 56.2 Å². The normalized spacial score (nSPS) is 15.0. The van der Waals surface area contributed by atoms with Crippen molar-refractivity contribution < 1.29 is 9.72 Å². The van der Waals surface area contributed by atoms with Crippen LogP contribution in [0.4, 0.5) is 5.69 Å². The maximum absolute atomic E-state index is 12.8. The number of piperazine rings is 1. The molecule has 0 radical (unpaired) electrons. The molecular formula is C18H16ClN5O4S. The summed E-state index contributed by atoms with van der Waals surface area (Å²) in [5, 5.41) is 13.0. The van der Waals surface area contributed by atoms with Crippen LogP contribution in [0.3, 0.4) is 0 Å². The van der Waals surface area contributed by atoms with E-state index in [1.807, 2.05) is 5.38 Å². The SMILES string of the molecule is O=C(c1cc([N+](=O)[O-])ccc1Cl)N1CCN(Cc2cc(=O)n3ccsc3n2)CC1. The molecule has 3 aromatic rings. The predicted molar refractivity (Wildman–Crippen MR) is 109 cm³/mol. The summed E-state index contributed by atoms with van der Waals surface area (Å²) >= 11 is 7.49. The Labute approximate surface area is 173 Å². The van der Waals surface area contributed by atoms with Gasteiger partial charge in [-0.15, -0.1) is 11.3 Å². The molecule has 1 saturated heterocycles. The van der Waals surface area contributed by atoms with Crippen LogP contribution in [0.2, 0.25) is 5.02 Å². The molecule has 0 aliphatic carbocycles. The molecule has 2 aromatic heterocycles. The number of rotatable bonds is 4. The van der Waals surface area contributed by atoms with Crippen molar-refractivity contribution in [2.24, 2.45) is 0 Å². The predicted octanol–water partition coefficient (Wildman–Crippen LogP) is 2.28. The first-order valence-electron chi connectivity index (χ1n) is 8.84. The zero-order chi connectivity index (χ0) is 20.5. The highest BCUT2D eigenvalue weighted by molar-refractivity contribution is 7.15. The van der Waals surface area contributed by atoms with Crippen molar-refractivity contribution in [3.63, 3.8) is 0 Å². The van der Waals surface area contributed by atoms with Crippen molar-refractivity contribution in [2.45, 2.75) is 6.54 Å². The summed E-state index contributed by atoms with van der Waals surface area (Å²) in [6.07, 6.45) is 1.70. The quantitative estimate of drug-likeness (QED) is 0.462. The van der Waals surface area contributed by atoms with Crippen LogP contribution in [0.1, 0.15) is 16.1 Å². The number of hydrogen-bond acceptors (Lipinski definition) is 7. The Morgan fingerprint density at radius 3 is 2.72 bits per heavy atom. The van der Waals surface area contributed by atoms with E-state index in [0.29, 0.717) is 43.4 Å². The lowest BCUT2D eigenvalue weighted by Crippen LogP contribution is -2.48. The minimum absolute atomic E-state index is 0.111. The summed E-state index contributed by atoms with van der Waals surface area (Å²) in [4.78, 5) is 44.2. The Morgan fingerprint density at radius 2 is 2.00 bits per heavy atom. The second-order valence-electron chi connectivity index (χ2n) is 6.63. The highest BCUT2D eigenvalue weighted by Gasteiger charge is 2.25. The number of nitrogens with zero attached hydrogens (tertiary/aromatic N) is 5. The fourth-order valence-electron chi connectivity index (χ4n) is 3.27. The third-order valence-corrected chi connectivity index (χ3v) is 5.88. The number of fused-ring (bicyclic) bond motifs is 1. The summed E-state index contributed by atoms with van der Waals surface area (Å²) in [6.45, 7) is 2.63. The average molecular weight is 434 g/mol. The van der Waals surface area contributed by atoms with Gasteiger partial charge in [0, 0.05) is 62.5 Å². The Balaban J connectivity index is 1.42. The third-order valence-electron chi connectivity index (χ3n) is 4.79. The first-order valence-corrected chi connectivity index (χ1v) is 10.1. The second-order valence-corrected chi connectivity index (χ2v) is 7.91. The molecule has 0 unspecified atom stereocenters. The number of nitro groups is 1. The molecule has 1 fully saturated rings. The molecule has 1 aromatic carbocycles. The molecule has 11 heteroatoms. The Kier molecular flexibility index (Phi) is 5.31. The first kappa shape index (κ1) is 19.5. The zero-order valence-corrected chi connectivity index (χ0v) is 16.7. The molecule has 29 heavy (non-hydrogen) atoms. The molecule has 0 N–H and O–H groups in total. The van der Waals surface area contributed by atoms with Crippen molar-refractivity contribution in [2.75, 3.05) is 26.2 Å². The number of non-ortho nitro benzene ring substituents is 1. The van der Waals surface area contributed by atoms with Crippen LogP contribution in [0.15, 0.2) is 40.6 Å². The minimum atomic E-state index is -0.551. The second kappa shape index (κ2) is 7.90. The van der Waals surface area contributed by atoms with Crippen LogP contribution in [0.25, 0.3) is 4.96 Å². The van der Waals surface area contributed by atoms with Gasteiger partial charge in [-0.25, -0.2) is 4.98 Å². The van der Waals surface area contributed by atoms with Gasteiger partial charge < -0.3 is 4.90 Å². The van der Waals surface area contributed by atoms with Crippen LogP contribution in [0.5, 0.6) is 0 Å². The molecule has 0 atom stereocenters. The summed E-state index contributed by atoms with van der Waals surface area (Å²) < 4.78 is 1.51. The number of aromatic nitrogens is 2. The molecule has 3 heterocycles. The lowest BCUT2D eigenvalue weighted by Gasteiger charge is -2.34. The number of halogens is 1. The van der Waals surface area contributed by atoms with Gasteiger partial charge in [0.15, 0.2) is 4.96 Å². The van der Waals surface area contributed by atoms with E-state index < -0.39 is 4.92 Å². The number of hydrogen-bond donors (Lipinski definition) is 0. The van der Waals surface area contributed by atoms with Gasteiger partial charge in [0.05, 0.1) is 21.2 Å². The van der Waals surface area contributed by atoms with E-state index in [-0.39, 0.29) is 27.7 Å². The number of amides is 1. The maximum Gasteiger partial charge on any atom is 0.270 e. The number of nitro benzene ring substituents is 1. The first-order chi connectivity index (χ1) is 13.9. The average Bonchev–Trinajstić information content (AvgIpc) is 3.17. The number of benzene rings is 1. The molecule has 9 nitrogen and oxygen atoms in total. The maximum atomic E-state index is 12.8. The van der Waals surface area contributed by atoms with E-state index in [2.05, 4.69) is 9.88 Å². The van der Waals surface area contributed by atoms with Crippen LogP contribution in [0, 0.1) is 10.1 Å². The number of carbonyl (C=O) groups excluding carboxylic acids is 1. The Morgan fingerprint density at radius 1 is 1.24 bits per heavy atom. The monoisotopic (exact) mass is 433 g/mol. The summed E-state index contributed by atoms with van der Waals surface area (Å²) in [7, 11) is 0. The van der Waals surface area contributed by atoms with E-state index >= 15 is 0 Å². The van der Waals surface area contributed by atoms with E-state index in [0.717, 1.165) is 0 Å². The molecule has 1 amide bonds. The number of thiazole rings is 1. The van der Waals surface area contributed by atoms with Crippen molar-refractivity contribution >= 4 is 39.5 Å². The topological polar surface area (TPSA) is 101 Å². The lowest BCUT2D eigenvalue weighted by atomic mass is 10.1. The van der Waals surface area contributed by atoms with Crippen LogP contribution >= 0.6 is 22.9 Å². The minimum Gasteiger partial charge on any atom is -0.336 e. The molecule has 1 aliphatic heterocycles. The van der Waals surface area contributed by atoms with Crippen molar-refractivity contribution in [3.05, 3.63) is 72.6 Å². The van der Waals surface area contributed by atoms with Gasteiger partial charge in [0.25, 0.3) is 17.2 Å². The smallest absolute Gasteiger partial charge is 0.270 e. The lowest BCUT2D eigenvalue weighted by molar-refractivity contribution is -0.384. The van der Waals surface area contributed by atoms with Crippen molar-refractivity contribution in [1.29, 1.82) is 0 Å². The van der Waals surface area contributed by atoms with Gasteiger partial charge in [-0.1, -0.05) is 11.6 Å². The molecule has 0 spiro atoms. The van der Waals surface area contributed by atoms with E-state index in [4.69, 9.17) is 11.6 Å². The zero-order valence-electron chi connectivity index (χ0n) is 15.2. The van der Waals surface area contributed by atoms with Gasteiger partial charge in [0.1, 0.15) is 0 Å². The highest BCUT2D eigenvalue weighted by Crippen LogP contribution is 2.24. The van der Waals surface area contributed by atoms with Gasteiger partial charge >= 0.3 is 0 Å². The van der Waals surface area contributed by atoms with E-state index in [1.54, 1.807) is 11.1 Å². The molecule has 0 saturated carbocycles. The van der Waals surface area contributed by atoms with Crippen LogP contribution in [-0.2, 0) is 6.54 Å². The largest absolute Gasteiger partial charge is 0.336 e. The van der Waals surface area contributed by atoms with Crippen LogP contribution < -0.4 is 5.56 Å². The molecule has 1 aliphatic rings. The standard InChI is InChI=1S/C18H16ClN5O4S/c19-15-2-1-13(24(27)28)10-14(15)17(26)22-5-3-21(4-6-22)11-12-9-16(25)23-7-8-29-18(23)20-12/h1-2,7-10H,3-6,11H2. The van der Waals surface area contributed by atoms with Gasteiger partial charge in [0.2, 0.25) is 0 Å². The van der Waals surface area contributed by atoms with Crippen molar-refractivity contribution in [1.82, 2.24) is 19.2 Å².